The number of nitrogens with one attached hydrogen (secondary N) is 1. The summed E-state index contributed by atoms with van der Waals surface area (Å²) in [5.74, 6) is -1.39. The smallest absolute Gasteiger partial charge is 0.328 e. The first-order valence-electron chi connectivity index (χ1n) is 8.18. The number of halogens is 1. The Kier molecular flexibility index (Phi) is 7.13. The van der Waals surface area contributed by atoms with Gasteiger partial charge in [-0.3, -0.25) is 0 Å². The summed E-state index contributed by atoms with van der Waals surface area (Å²) in [6.45, 7) is 0.0780. The van der Waals surface area contributed by atoms with E-state index in [9.17, 15) is 17.6 Å². The molecule has 7 nitrogen and oxygen atoms in total. The van der Waals surface area contributed by atoms with Crippen LogP contribution in [0, 0.1) is 5.82 Å². The number of carboxylic acids is 1. The number of methoxy groups -OCH3 is 2. The Balaban J connectivity index is 2.29. The lowest BCUT2D eigenvalue weighted by molar-refractivity contribution is -0.131. The zero-order valence-electron chi connectivity index (χ0n) is 15.3. The summed E-state index contributed by atoms with van der Waals surface area (Å²) in [6, 6.07) is 8.51. The molecule has 0 unspecified atom stereocenters. The third-order valence-electron chi connectivity index (χ3n) is 3.79. The van der Waals surface area contributed by atoms with Crippen LogP contribution in [0.2, 0.25) is 0 Å². The van der Waals surface area contributed by atoms with E-state index in [-0.39, 0.29) is 28.8 Å². The second kappa shape index (κ2) is 9.34. The van der Waals surface area contributed by atoms with Crippen LogP contribution in [-0.2, 0) is 21.2 Å². The van der Waals surface area contributed by atoms with Crippen LogP contribution in [0.3, 0.4) is 0 Å². The minimum absolute atomic E-state index is 0.00394. The van der Waals surface area contributed by atoms with Crippen LogP contribution in [0.15, 0.2) is 47.4 Å². The first-order chi connectivity index (χ1) is 13.3. The van der Waals surface area contributed by atoms with Gasteiger partial charge < -0.3 is 14.6 Å². The minimum atomic E-state index is -3.99. The van der Waals surface area contributed by atoms with Gasteiger partial charge in [-0.2, -0.15) is 0 Å². The topological polar surface area (TPSA) is 102 Å². The van der Waals surface area contributed by atoms with Crippen molar-refractivity contribution in [3.63, 3.8) is 0 Å². The predicted octanol–water partition coefficient (Wildman–Crippen LogP) is 2.46. The largest absolute Gasteiger partial charge is 0.493 e. The summed E-state index contributed by atoms with van der Waals surface area (Å²) >= 11 is 0. The molecular formula is C19H20FNO6S. The van der Waals surface area contributed by atoms with Crippen LogP contribution in [0.5, 0.6) is 11.5 Å². The molecule has 0 bridgehead atoms. The number of benzene rings is 2. The second-order valence-electron chi connectivity index (χ2n) is 5.70. The van der Waals surface area contributed by atoms with Crippen LogP contribution in [0.4, 0.5) is 4.39 Å². The Hall–Kier alpha value is -2.91. The van der Waals surface area contributed by atoms with Crippen LogP contribution in [-0.4, -0.2) is 40.3 Å². The highest BCUT2D eigenvalue weighted by atomic mass is 32.2. The van der Waals surface area contributed by atoms with Gasteiger partial charge in [0.25, 0.3) is 0 Å². The first kappa shape index (κ1) is 21.4. The number of sulfonamides is 1. The van der Waals surface area contributed by atoms with Crippen molar-refractivity contribution in [2.24, 2.45) is 0 Å². The molecule has 2 aromatic carbocycles. The number of carbonyl (C=O) groups is 1. The van der Waals surface area contributed by atoms with Crippen molar-refractivity contribution in [1.29, 1.82) is 0 Å². The van der Waals surface area contributed by atoms with Crippen molar-refractivity contribution >= 4 is 22.1 Å². The van der Waals surface area contributed by atoms with Crippen LogP contribution in [0.1, 0.15) is 11.1 Å². The average molecular weight is 409 g/mol. The Bertz CT molecular complexity index is 971. The summed E-state index contributed by atoms with van der Waals surface area (Å²) < 4.78 is 51.3. The van der Waals surface area contributed by atoms with Gasteiger partial charge in [0.05, 0.1) is 14.2 Å². The summed E-state index contributed by atoms with van der Waals surface area (Å²) in [6.07, 6.45) is 2.50. The van der Waals surface area contributed by atoms with Crippen LogP contribution < -0.4 is 14.2 Å². The van der Waals surface area contributed by atoms with E-state index >= 15 is 0 Å². The van der Waals surface area contributed by atoms with Gasteiger partial charge in [0.15, 0.2) is 11.5 Å². The molecule has 28 heavy (non-hydrogen) atoms. The van der Waals surface area contributed by atoms with E-state index in [1.165, 1.54) is 44.6 Å². The van der Waals surface area contributed by atoms with Gasteiger partial charge >= 0.3 is 5.97 Å². The molecule has 0 aliphatic rings. The van der Waals surface area contributed by atoms with E-state index in [2.05, 4.69) is 4.72 Å². The maximum Gasteiger partial charge on any atom is 0.328 e. The molecule has 0 radical (unpaired) electrons. The van der Waals surface area contributed by atoms with Gasteiger partial charge in [0, 0.05) is 12.6 Å². The SMILES string of the molecule is COc1cc(C=CC(=O)O)cc(S(=O)(=O)NCCc2ccc(F)cc2)c1OC. The Morgan fingerprint density at radius 2 is 1.86 bits per heavy atom. The van der Waals surface area contributed by atoms with Gasteiger partial charge in [-0.15, -0.1) is 0 Å². The van der Waals surface area contributed by atoms with Gasteiger partial charge in [-0.05, 0) is 47.9 Å². The average Bonchev–Trinajstić information content (AvgIpc) is 2.66. The van der Waals surface area contributed by atoms with E-state index in [0.717, 1.165) is 11.6 Å². The van der Waals surface area contributed by atoms with Crippen molar-refractivity contribution in [2.75, 3.05) is 20.8 Å². The normalized spacial score (nSPS) is 11.5. The minimum Gasteiger partial charge on any atom is -0.493 e. The quantitative estimate of drug-likeness (QED) is 0.617. The van der Waals surface area contributed by atoms with Gasteiger partial charge in [0.2, 0.25) is 10.0 Å². The monoisotopic (exact) mass is 409 g/mol. The second-order valence-corrected chi connectivity index (χ2v) is 7.44. The number of aliphatic carboxylic acids is 1. The zero-order chi connectivity index (χ0) is 20.7. The zero-order valence-corrected chi connectivity index (χ0v) is 16.1. The van der Waals surface area contributed by atoms with Crippen LogP contribution in [0.25, 0.3) is 6.08 Å². The van der Waals surface area contributed by atoms with E-state index < -0.39 is 16.0 Å². The highest BCUT2D eigenvalue weighted by molar-refractivity contribution is 7.89. The molecule has 0 atom stereocenters. The fraction of sp³-hybridized carbons (Fsp3) is 0.211. The molecule has 0 amide bonds. The van der Waals surface area contributed by atoms with E-state index in [4.69, 9.17) is 14.6 Å². The standard InChI is InChI=1S/C19H20FNO6S/c1-26-16-11-14(5-8-18(22)23)12-17(19(16)27-2)28(24,25)21-10-9-13-3-6-15(20)7-4-13/h3-8,11-12,21H,9-10H2,1-2H3,(H,22,23). The number of rotatable bonds is 9. The summed E-state index contributed by atoms with van der Waals surface area (Å²) in [7, 11) is -1.33. The molecule has 150 valence electrons. The number of carboxylic acid groups (broad SMARTS) is 1. The van der Waals surface area contributed by atoms with Crippen molar-refractivity contribution in [1.82, 2.24) is 4.72 Å². The molecule has 0 spiro atoms. The summed E-state index contributed by atoms with van der Waals surface area (Å²) in [5, 5.41) is 8.78. The molecule has 0 saturated carbocycles. The highest BCUT2D eigenvalue weighted by Gasteiger charge is 2.23. The number of ether oxygens (including phenoxy) is 2. The lowest BCUT2D eigenvalue weighted by Gasteiger charge is -2.15. The molecule has 2 N–H and O–H groups in total. The third-order valence-corrected chi connectivity index (χ3v) is 5.26. The number of hydrogen-bond donors (Lipinski definition) is 2. The maximum absolute atomic E-state index is 12.9. The van der Waals surface area contributed by atoms with E-state index in [0.29, 0.717) is 12.0 Å². The van der Waals surface area contributed by atoms with Crippen molar-refractivity contribution < 1.29 is 32.2 Å². The molecule has 0 aliphatic carbocycles. The fourth-order valence-electron chi connectivity index (χ4n) is 2.47. The van der Waals surface area contributed by atoms with Crippen molar-refractivity contribution in [3.05, 3.63) is 59.4 Å². The Labute approximate surface area is 162 Å². The number of hydrogen-bond acceptors (Lipinski definition) is 5. The third kappa shape index (κ3) is 5.54. The lowest BCUT2D eigenvalue weighted by Crippen LogP contribution is -2.26. The van der Waals surface area contributed by atoms with Crippen molar-refractivity contribution in [3.8, 4) is 11.5 Å². The maximum atomic E-state index is 12.9. The van der Waals surface area contributed by atoms with Crippen molar-refractivity contribution in [2.45, 2.75) is 11.3 Å². The highest BCUT2D eigenvalue weighted by Crippen LogP contribution is 2.36. The molecule has 2 aromatic rings. The van der Waals surface area contributed by atoms with E-state index in [1.54, 1.807) is 12.1 Å². The molecule has 9 heteroatoms. The van der Waals surface area contributed by atoms with Gasteiger partial charge in [-0.25, -0.2) is 22.3 Å². The molecule has 2 rings (SSSR count). The first-order valence-corrected chi connectivity index (χ1v) is 9.66. The Morgan fingerprint density at radius 1 is 1.18 bits per heavy atom. The van der Waals surface area contributed by atoms with E-state index in [1.807, 2.05) is 0 Å². The molecule has 0 heterocycles. The molecule has 0 aliphatic heterocycles. The molecular weight excluding hydrogens is 389 g/mol. The molecule has 0 saturated heterocycles. The lowest BCUT2D eigenvalue weighted by atomic mass is 10.1. The summed E-state index contributed by atoms with van der Waals surface area (Å²) in [4.78, 5) is 10.6. The molecule has 0 fully saturated rings. The Morgan fingerprint density at radius 3 is 2.43 bits per heavy atom. The summed E-state index contributed by atoms with van der Waals surface area (Å²) in [5.41, 5.74) is 1.09. The molecule has 0 aromatic heterocycles. The predicted molar refractivity (Wildman–Crippen MR) is 102 cm³/mol. The van der Waals surface area contributed by atoms with Gasteiger partial charge in [0.1, 0.15) is 10.7 Å². The van der Waals surface area contributed by atoms with Gasteiger partial charge in [-0.1, -0.05) is 12.1 Å². The fourth-order valence-corrected chi connectivity index (χ4v) is 3.72. The van der Waals surface area contributed by atoms with Crippen LogP contribution >= 0.6 is 0 Å².